The van der Waals surface area contributed by atoms with Crippen molar-refractivity contribution in [1.29, 1.82) is 0 Å². The van der Waals surface area contributed by atoms with Gasteiger partial charge < -0.3 is 5.32 Å². The highest BCUT2D eigenvalue weighted by Crippen LogP contribution is 2.36. The number of nitrogens with zero attached hydrogens (tertiary/aromatic N) is 3. The number of rotatable bonds is 4. The molecule has 0 atom stereocenters. The van der Waals surface area contributed by atoms with Crippen LogP contribution in [0.15, 0.2) is 18.5 Å². The van der Waals surface area contributed by atoms with E-state index < -0.39 is 11.9 Å². The quantitative estimate of drug-likeness (QED) is 0.943. The Morgan fingerprint density at radius 2 is 1.90 bits per heavy atom. The predicted molar refractivity (Wildman–Crippen MR) is 70.1 cm³/mol. The molecule has 0 radical (unpaired) electrons. The molecular weight excluding hydrogens is 289 g/mol. The molecule has 0 amide bonds. The third kappa shape index (κ3) is 3.51. The van der Waals surface area contributed by atoms with Gasteiger partial charge in [-0.3, -0.25) is 0 Å². The molecule has 20 heavy (non-hydrogen) atoms. The Balaban J connectivity index is 2.37. The highest BCUT2D eigenvalue weighted by atomic mass is 32.1. The molecule has 2 aromatic heterocycles. The van der Waals surface area contributed by atoms with Gasteiger partial charge in [0.1, 0.15) is 0 Å². The van der Waals surface area contributed by atoms with Crippen molar-refractivity contribution in [2.45, 2.75) is 32.6 Å². The molecule has 0 aliphatic rings. The van der Waals surface area contributed by atoms with E-state index in [-0.39, 0.29) is 28.3 Å². The van der Waals surface area contributed by atoms with E-state index in [1.807, 2.05) is 13.8 Å². The standard InChI is InChI=1S/C12H13F3N4S/c1-7(2)18-6-8-9(12(13,14)15)19-11(20-8)10-16-4-3-5-17-10/h3-5,7,18H,6H2,1-2H3. The summed E-state index contributed by atoms with van der Waals surface area (Å²) in [7, 11) is 0. The molecule has 2 aromatic rings. The SMILES string of the molecule is CC(C)NCc1sc(-c2ncccn2)nc1C(F)(F)F. The summed E-state index contributed by atoms with van der Waals surface area (Å²) in [5.41, 5.74) is -0.863. The summed E-state index contributed by atoms with van der Waals surface area (Å²) < 4.78 is 38.9. The fourth-order valence-corrected chi connectivity index (χ4v) is 2.48. The maximum Gasteiger partial charge on any atom is 0.434 e. The summed E-state index contributed by atoms with van der Waals surface area (Å²) in [6, 6.07) is 1.69. The van der Waals surface area contributed by atoms with Crippen LogP contribution in [0.2, 0.25) is 0 Å². The van der Waals surface area contributed by atoms with Gasteiger partial charge in [0.25, 0.3) is 0 Å². The molecule has 108 valence electrons. The van der Waals surface area contributed by atoms with Gasteiger partial charge in [0.05, 0.1) is 4.88 Å². The first-order valence-electron chi connectivity index (χ1n) is 5.95. The largest absolute Gasteiger partial charge is 0.434 e. The summed E-state index contributed by atoms with van der Waals surface area (Å²) in [4.78, 5) is 11.7. The lowest BCUT2D eigenvalue weighted by Crippen LogP contribution is -2.23. The zero-order chi connectivity index (χ0) is 14.8. The molecule has 4 nitrogen and oxygen atoms in total. The molecule has 0 spiro atoms. The lowest BCUT2D eigenvalue weighted by atomic mass is 10.3. The number of hydrogen-bond donors (Lipinski definition) is 1. The van der Waals surface area contributed by atoms with Gasteiger partial charge in [-0.2, -0.15) is 13.2 Å². The van der Waals surface area contributed by atoms with Gasteiger partial charge in [0.15, 0.2) is 16.5 Å². The van der Waals surface area contributed by atoms with E-state index in [9.17, 15) is 13.2 Å². The van der Waals surface area contributed by atoms with Gasteiger partial charge in [-0.25, -0.2) is 15.0 Å². The van der Waals surface area contributed by atoms with Crippen molar-refractivity contribution in [2.24, 2.45) is 0 Å². The molecule has 8 heteroatoms. The Morgan fingerprint density at radius 3 is 2.45 bits per heavy atom. The van der Waals surface area contributed by atoms with Crippen molar-refractivity contribution < 1.29 is 13.2 Å². The minimum Gasteiger partial charge on any atom is -0.310 e. The number of alkyl halides is 3. The lowest BCUT2D eigenvalue weighted by molar-refractivity contribution is -0.141. The van der Waals surface area contributed by atoms with Gasteiger partial charge in [-0.15, -0.1) is 11.3 Å². The van der Waals surface area contributed by atoms with Crippen LogP contribution in [0.3, 0.4) is 0 Å². The topological polar surface area (TPSA) is 50.7 Å². The second-order valence-electron chi connectivity index (χ2n) is 4.40. The van der Waals surface area contributed by atoms with Crippen LogP contribution in [0.1, 0.15) is 24.4 Å². The Morgan fingerprint density at radius 1 is 1.25 bits per heavy atom. The summed E-state index contributed by atoms with van der Waals surface area (Å²) in [6.07, 6.45) is -1.52. The zero-order valence-corrected chi connectivity index (χ0v) is 11.7. The maximum absolute atomic E-state index is 13.0. The summed E-state index contributed by atoms with van der Waals surface area (Å²) in [5, 5.41) is 3.15. The first-order chi connectivity index (χ1) is 9.38. The monoisotopic (exact) mass is 302 g/mol. The van der Waals surface area contributed by atoms with E-state index in [2.05, 4.69) is 20.3 Å². The highest BCUT2D eigenvalue weighted by Gasteiger charge is 2.37. The second-order valence-corrected chi connectivity index (χ2v) is 5.48. The number of halogens is 3. The van der Waals surface area contributed by atoms with Crippen LogP contribution in [0.25, 0.3) is 10.8 Å². The molecule has 0 saturated heterocycles. The van der Waals surface area contributed by atoms with Gasteiger partial charge in [-0.1, -0.05) is 13.8 Å². The lowest BCUT2D eigenvalue weighted by Gasteiger charge is -2.09. The van der Waals surface area contributed by atoms with E-state index >= 15 is 0 Å². The molecule has 0 unspecified atom stereocenters. The summed E-state index contributed by atoms with van der Waals surface area (Å²) in [5.74, 6) is 0.207. The average molecular weight is 302 g/mol. The summed E-state index contributed by atoms with van der Waals surface area (Å²) in [6.45, 7) is 3.86. The molecule has 0 saturated carbocycles. The molecule has 0 fully saturated rings. The van der Waals surface area contributed by atoms with Crippen LogP contribution in [0.5, 0.6) is 0 Å². The highest BCUT2D eigenvalue weighted by molar-refractivity contribution is 7.15. The Kier molecular flexibility index (Phi) is 4.34. The van der Waals surface area contributed by atoms with Crippen molar-refractivity contribution in [2.75, 3.05) is 0 Å². The Bertz CT molecular complexity index is 566. The van der Waals surface area contributed by atoms with Gasteiger partial charge >= 0.3 is 6.18 Å². The van der Waals surface area contributed by atoms with Crippen molar-refractivity contribution in [3.8, 4) is 10.8 Å². The van der Waals surface area contributed by atoms with Crippen LogP contribution in [-0.4, -0.2) is 21.0 Å². The first-order valence-corrected chi connectivity index (χ1v) is 6.77. The van der Waals surface area contributed by atoms with Crippen LogP contribution < -0.4 is 5.32 Å². The molecular formula is C12H13F3N4S. The Labute approximate surface area is 118 Å². The van der Waals surface area contributed by atoms with Crippen molar-refractivity contribution in [3.63, 3.8) is 0 Å². The molecule has 2 heterocycles. The van der Waals surface area contributed by atoms with Gasteiger partial charge in [0, 0.05) is 25.0 Å². The maximum atomic E-state index is 13.0. The molecule has 0 bridgehead atoms. The van der Waals surface area contributed by atoms with E-state index in [0.29, 0.717) is 0 Å². The van der Waals surface area contributed by atoms with E-state index in [1.54, 1.807) is 6.07 Å². The van der Waals surface area contributed by atoms with Gasteiger partial charge in [0.2, 0.25) is 0 Å². The molecule has 1 N–H and O–H groups in total. The molecule has 0 aliphatic carbocycles. The number of thiazole rings is 1. The van der Waals surface area contributed by atoms with Crippen LogP contribution in [0.4, 0.5) is 13.2 Å². The van der Waals surface area contributed by atoms with Crippen molar-refractivity contribution >= 4 is 11.3 Å². The first kappa shape index (κ1) is 14.9. The predicted octanol–water partition coefficient (Wildman–Crippen LogP) is 3.12. The normalized spacial score (nSPS) is 12.1. The van der Waals surface area contributed by atoms with Crippen molar-refractivity contribution in [3.05, 3.63) is 29.0 Å². The number of aromatic nitrogens is 3. The molecule has 2 rings (SSSR count). The van der Waals surface area contributed by atoms with Crippen LogP contribution >= 0.6 is 11.3 Å². The smallest absolute Gasteiger partial charge is 0.310 e. The van der Waals surface area contributed by atoms with Crippen molar-refractivity contribution in [1.82, 2.24) is 20.3 Å². The number of nitrogens with one attached hydrogen (secondary N) is 1. The number of hydrogen-bond acceptors (Lipinski definition) is 5. The second kappa shape index (κ2) is 5.84. The average Bonchev–Trinajstić information content (AvgIpc) is 2.81. The van der Waals surface area contributed by atoms with Crippen LogP contribution in [0, 0.1) is 0 Å². The van der Waals surface area contributed by atoms with E-state index in [1.165, 1.54) is 12.4 Å². The van der Waals surface area contributed by atoms with Gasteiger partial charge in [-0.05, 0) is 6.07 Å². The van der Waals surface area contributed by atoms with Crippen LogP contribution in [-0.2, 0) is 12.7 Å². The molecule has 0 aromatic carbocycles. The third-order valence-corrected chi connectivity index (χ3v) is 3.45. The Hall–Kier alpha value is -1.54. The third-order valence-electron chi connectivity index (χ3n) is 2.39. The minimum atomic E-state index is -4.47. The van der Waals surface area contributed by atoms with E-state index in [0.717, 1.165) is 11.3 Å². The fraction of sp³-hybridized carbons (Fsp3) is 0.417. The summed E-state index contributed by atoms with van der Waals surface area (Å²) >= 11 is 0.963. The zero-order valence-electron chi connectivity index (χ0n) is 10.9. The van der Waals surface area contributed by atoms with E-state index in [4.69, 9.17) is 0 Å². The fourth-order valence-electron chi connectivity index (χ4n) is 1.50. The molecule has 0 aliphatic heterocycles. The minimum absolute atomic E-state index is 0.0922.